The molecule has 114 valence electrons. The van der Waals surface area contributed by atoms with Gasteiger partial charge in [0.05, 0.1) is 18.6 Å². The van der Waals surface area contributed by atoms with Crippen molar-refractivity contribution in [3.05, 3.63) is 0 Å². The van der Waals surface area contributed by atoms with E-state index in [9.17, 15) is 4.79 Å². The van der Waals surface area contributed by atoms with Gasteiger partial charge in [-0.15, -0.1) is 12.4 Å². The summed E-state index contributed by atoms with van der Waals surface area (Å²) in [6, 6.07) is 0. The third kappa shape index (κ3) is 4.91. The number of halogens is 1. The van der Waals surface area contributed by atoms with E-state index in [2.05, 4.69) is 0 Å². The lowest BCUT2D eigenvalue weighted by Crippen LogP contribution is -2.48. The number of rotatable bonds is 8. The van der Waals surface area contributed by atoms with Crippen LogP contribution in [0.25, 0.3) is 0 Å². The van der Waals surface area contributed by atoms with Gasteiger partial charge in [-0.25, -0.2) is 0 Å². The lowest BCUT2D eigenvalue weighted by Gasteiger charge is -2.33. The van der Waals surface area contributed by atoms with Gasteiger partial charge >= 0.3 is 0 Å². The minimum Gasteiger partial charge on any atom is -0.383 e. The number of methoxy groups -OCH3 is 2. The SMILES string of the molecule is COCCN(CCOC)C(=O)C1(CN)CCCC1.Cl. The summed E-state index contributed by atoms with van der Waals surface area (Å²) in [5.41, 5.74) is 5.52. The zero-order valence-corrected chi connectivity index (χ0v) is 12.8. The normalized spacial score (nSPS) is 17.0. The Hall–Kier alpha value is -0.360. The summed E-state index contributed by atoms with van der Waals surface area (Å²) >= 11 is 0. The predicted molar refractivity (Wildman–Crippen MR) is 77.5 cm³/mol. The highest BCUT2D eigenvalue weighted by Crippen LogP contribution is 2.38. The van der Waals surface area contributed by atoms with Gasteiger partial charge in [0.15, 0.2) is 0 Å². The van der Waals surface area contributed by atoms with E-state index in [1.54, 1.807) is 14.2 Å². The average molecular weight is 295 g/mol. The second kappa shape index (κ2) is 9.53. The number of carbonyl (C=O) groups excluding carboxylic acids is 1. The van der Waals surface area contributed by atoms with Gasteiger partial charge in [0.25, 0.3) is 0 Å². The fourth-order valence-corrected chi connectivity index (χ4v) is 2.61. The quantitative estimate of drug-likeness (QED) is 0.727. The summed E-state index contributed by atoms with van der Waals surface area (Å²) in [7, 11) is 3.29. The highest BCUT2D eigenvalue weighted by molar-refractivity contribution is 5.85. The van der Waals surface area contributed by atoms with Gasteiger partial charge in [-0.1, -0.05) is 12.8 Å². The number of amides is 1. The molecular weight excluding hydrogens is 268 g/mol. The molecule has 0 radical (unpaired) electrons. The molecule has 0 aromatic heterocycles. The van der Waals surface area contributed by atoms with Crippen molar-refractivity contribution >= 4 is 18.3 Å². The van der Waals surface area contributed by atoms with Crippen molar-refractivity contribution in [2.45, 2.75) is 25.7 Å². The Bertz CT molecular complexity index is 250. The molecule has 0 bridgehead atoms. The Morgan fingerprint density at radius 1 is 1.16 bits per heavy atom. The standard InChI is InChI=1S/C13H26N2O3.ClH/c1-17-9-7-15(8-10-18-2)12(16)13(11-14)5-3-4-6-13;/h3-11,14H2,1-2H3;1H. The molecule has 1 aliphatic carbocycles. The number of carbonyl (C=O) groups is 1. The molecule has 1 saturated carbocycles. The molecule has 19 heavy (non-hydrogen) atoms. The highest BCUT2D eigenvalue weighted by atomic mass is 35.5. The Morgan fingerprint density at radius 3 is 2.00 bits per heavy atom. The van der Waals surface area contributed by atoms with E-state index in [0.717, 1.165) is 25.7 Å². The van der Waals surface area contributed by atoms with Crippen LogP contribution in [0.4, 0.5) is 0 Å². The molecule has 0 spiro atoms. The number of nitrogens with zero attached hydrogens (tertiary/aromatic N) is 1. The van der Waals surface area contributed by atoms with Gasteiger partial charge in [0, 0.05) is 33.9 Å². The molecule has 0 heterocycles. The first-order chi connectivity index (χ1) is 8.70. The molecular formula is C13H27ClN2O3. The molecule has 1 aliphatic rings. The highest BCUT2D eigenvalue weighted by Gasteiger charge is 2.42. The molecule has 0 aliphatic heterocycles. The summed E-state index contributed by atoms with van der Waals surface area (Å²) in [5, 5.41) is 0. The van der Waals surface area contributed by atoms with E-state index in [4.69, 9.17) is 15.2 Å². The lowest BCUT2D eigenvalue weighted by molar-refractivity contribution is -0.142. The third-order valence-corrected chi connectivity index (χ3v) is 3.82. The van der Waals surface area contributed by atoms with Crippen LogP contribution in [0.15, 0.2) is 0 Å². The molecule has 5 nitrogen and oxygen atoms in total. The first kappa shape index (κ1) is 18.6. The van der Waals surface area contributed by atoms with E-state index in [0.29, 0.717) is 32.8 Å². The third-order valence-electron chi connectivity index (χ3n) is 3.82. The van der Waals surface area contributed by atoms with Crippen LogP contribution >= 0.6 is 12.4 Å². The molecule has 2 N–H and O–H groups in total. The minimum absolute atomic E-state index is 0. The van der Waals surface area contributed by atoms with Crippen molar-refractivity contribution in [2.75, 3.05) is 47.1 Å². The zero-order chi connectivity index (χ0) is 13.4. The van der Waals surface area contributed by atoms with Crippen LogP contribution < -0.4 is 5.73 Å². The summed E-state index contributed by atoms with van der Waals surface area (Å²) in [6.07, 6.45) is 4.04. The molecule has 6 heteroatoms. The van der Waals surface area contributed by atoms with Crippen LogP contribution in [-0.2, 0) is 14.3 Å². The number of ether oxygens (including phenoxy) is 2. The second-order valence-electron chi connectivity index (χ2n) is 4.97. The van der Waals surface area contributed by atoms with Crippen molar-refractivity contribution in [2.24, 2.45) is 11.1 Å². The van der Waals surface area contributed by atoms with Crippen molar-refractivity contribution in [3.63, 3.8) is 0 Å². The van der Waals surface area contributed by atoms with Gasteiger partial charge in [0.1, 0.15) is 0 Å². The molecule has 0 aromatic rings. The maximum Gasteiger partial charge on any atom is 0.230 e. The van der Waals surface area contributed by atoms with E-state index in [1.807, 2.05) is 4.90 Å². The summed E-state index contributed by atoms with van der Waals surface area (Å²) in [4.78, 5) is 14.5. The minimum atomic E-state index is -0.332. The number of nitrogens with two attached hydrogens (primary N) is 1. The van der Waals surface area contributed by atoms with Crippen LogP contribution in [0.1, 0.15) is 25.7 Å². The molecule has 1 fully saturated rings. The van der Waals surface area contributed by atoms with Gasteiger partial charge in [-0.2, -0.15) is 0 Å². The largest absolute Gasteiger partial charge is 0.383 e. The maximum atomic E-state index is 12.6. The van der Waals surface area contributed by atoms with Gasteiger partial charge in [-0.05, 0) is 12.8 Å². The van der Waals surface area contributed by atoms with Crippen molar-refractivity contribution in [1.29, 1.82) is 0 Å². The molecule has 0 unspecified atom stereocenters. The van der Waals surface area contributed by atoms with Crippen LogP contribution in [0.5, 0.6) is 0 Å². The van der Waals surface area contributed by atoms with Crippen LogP contribution in [0, 0.1) is 5.41 Å². The fourth-order valence-electron chi connectivity index (χ4n) is 2.61. The van der Waals surface area contributed by atoms with Crippen molar-refractivity contribution in [3.8, 4) is 0 Å². The molecule has 0 saturated heterocycles. The fraction of sp³-hybridized carbons (Fsp3) is 0.923. The summed E-state index contributed by atoms with van der Waals surface area (Å²) in [5.74, 6) is 0.177. The Morgan fingerprint density at radius 2 is 1.63 bits per heavy atom. The van der Waals surface area contributed by atoms with Crippen molar-refractivity contribution < 1.29 is 14.3 Å². The van der Waals surface area contributed by atoms with Gasteiger partial charge in [0.2, 0.25) is 5.91 Å². The smallest absolute Gasteiger partial charge is 0.230 e. The zero-order valence-electron chi connectivity index (χ0n) is 12.0. The average Bonchev–Trinajstić information content (AvgIpc) is 2.88. The number of hydrogen-bond acceptors (Lipinski definition) is 4. The van der Waals surface area contributed by atoms with E-state index in [1.165, 1.54) is 0 Å². The first-order valence-electron chi connectivity index (χ1n) is 6.67. The van der Waals surface area contributed by atoms with E-state index in [-0.39, 0.29) is 23.7 Å². The molecule has 1 rings (SSSR count). The van der Waals surface area contributed by atoms with Gasteiger partial charge in [-0.3, -0.25) is 4.79 Å². The van der Waals surface area contributed by atoms with E-state index < -0.39 is 0 Å². The van der Waals surface area contributed by atoms with Crippen LogP contribution in [0.3, 0.4) is 0 Å². The Balaban J connectivity index is 0.00000324. The predicted octanol–water partition coefficient (Wildman–Crippen LogP) is 1.05. The molecule has 0 atom stereocenters. The number of hydrogen-bond donors (Lipinski definition) is 1. The second-order valence-corrected chi connectivity index (χ2v) is 4.97. The summed E-state index contributed by atoms with van der Waals surface area (Å²) < 4.78 is 10.1. The maximum absolute atomic E-state index is 12.6. The molecule has 1 amide bonds. The molecule has 0 aromatic carbocycles. The van der Waals surface area contributed by atoms with E-state index >= 15 is 0 Å². The lowest BCUT2D eigenvalue weighted by atomic mass is 9.84. The Kier molecular flexibility index (Phi) is 9.35. The monoisotopic (exact) mass is 294 g/mol. The summed E-state index contributed by atoms with van der Waals surface area (Å²) in [6.45, 7) is 2.77. The topological polar surface area (TPSA) is 64.8 Å². The van der Waals surface area contributed by atoms with Crippen LogP contribution in [-0.4, -0.2) is 57.9 Å². The van der Waals surface area contributed by atoms with Crippen molar-refractivity contribution in [1.82, 2.24) is 4.90 Å². The first-order valence-corrected chi connectivity index (χ1v) is 6.67. The van der Waals surface area contributed by atoms with Crippen LogP contribution in [0.2, 0.25) is 0 Å². The van der Waals surface area contributed by atoms with Gasteiger partial charge < -0.3 is 20.1 Å². The Labute approximate surface area is 122 Å².